The van der Waals surface area contributed by atoms with Gasteiger partial charge in [0.15, 0.2) is 0 Å². The van der Waals surface area contributed by atoms with Crippen molar-refractivity contribution in [2.24, 2.45) is 0 Å². The van der Waals surface area contributed by atoms with Gasteiger partial charge < -0.3 is 14.6 Å². The van der Waals surface area contributed by atoms with Crippen LogP contribution >= 0.6 is 11.6 Å². The highest BCUT2D eigenvalue weighted by atomic mass is 35.5. The van der Waals surface area contributed by atoms with E-state index >= 15 is 0 Å². The normalized spacial score (nSPS) is 14.9. The van der Waals surface area contributed by atoms with Gasteiger partial charge >= 0.3 is 0 Å². The first-order valence-electron chi connectivity index (χ1n) is 11.4. The lowest BCUT2D eigenvalue weighted by molar-refractivity contribution is -0.121. The molecule has 1 aromatic heterocycles. The maximum Gasteiger partial charge on any atom is 0.224 e. The fourth-order valence-corrected chi connectivity index (χ4v) is 4.24. The summed E-state index contributed by atoms with van der Waals surface area (Å²) in [7, 11) is 0. The molecule has 2 heterocycles. The zero-order valence-electron chi connectivity index (χ0n) is 19.1. The molecule has 4 rings (SSSR count). The van der Waals surface area contributed by atoms with Crippen molar-refractivity contribution in [2.45, 2.75) is 52.3 Å². The van der Waals surface area contributed by atoms with Crippen LogP contribution in [0.2, 0.25) is 5.02 Å². The fraction of sp³-hybridized carbons (Fsp3) is 0.385. The Hall–Kier alpha value is -2.83. The van der Waals surface area contributed by atoms with Crippen molar-refractivity contribution in [3.8, 4) is 5.75 Å². The van der Waals surface area contributed by atoms with Crippen molar-refractivity contribution in [3.63, 3.8) is 0 Å². The van der Waals surface area contributed by atoms with Crippen LogP contribution in [0.4, 0.5) is 0 Å². The molecule has 1 N–H and O–H groups in total. The minimum absolute atomic E-state index is 0.0653. The van der Waals surface area contributed by atoms with Crippen LogP contribution in [-0.2, 0) is 24.4 Å². The van der Waals surface area contributed by atoms with Crippen LogP contribution in [0.1, 0.15) is 41.0 Å². The SMILES string of the molecule is Cc1noc(C)c1COc1ccc(CC(=O)NC2CCN(Cc3ccc(Cl)cc3)CC2)cc1. The van der Waals surface area contributed by atoms with Crippen molar-refractivity contribution < 1.29 is 14.1 Å². The third-order valence-electron chi connectivity index (χ3n) is 6.12. The summed E-state index contributed by atoms with van der Waals surface area (Å²) < 4.78 is 11.0. The smallest absolute Gasteiger partial charge is 0.224 e. The number of aromatic nitrogens is 1. The number of piperidine rings is 1. The predicted molar refractivity (Wildman–Crippen MR) is 128 cm³/mol. The van der Waals surface area contributed by atoms with Gasteiger partial charge in [-0.25, -0.2) is 0 Å². The highest BCUT2D eigenvalue weighted by Gasteiger charge is 2.21. The van der Waals surface area contributed by atoms with Gasteiger partial charge in [0.05, 0.1) is 17.7 Å². The van der Waals surface area contributed by atoms with Crippen molar-refractivity contribution in [1.82, 2.24) is 15.4 Å². The minimum atomic E-state index is 0.0653. The van der Waals surface area contributed by atoms with Gasteiger partial charge in [0.2, 0.25) is 5.91 Å². The largest absolute Gasteiger partial charge is 0.489 e. The zero-order chi connectivity index (χ0) is 23.2. The summed E-state index contributed by atoms with van der Waals surface area (Å²) in [6, 6.07) is 15.9. The first-order chi connectivity index (χ1) is 16.0. The molecule has 1 aliphatic rings. The first-order valence-corrected chi connectivity index (χ1v) is 11.7. The number of rotatable bonds is 8. The van der Waals surface area contributed by atoms with Gasteiger partial charge in [-0.1, -0.05) is 41.0 Å². The molecule has 0 aliphatic carbocycles. The second-order valence-corrected chi connectivity index (χ2v) is 9.09. The van der Waals surface area contributed by atoms with Crippen LogP contribution in [-0.4, -0.2) is 35.1 Å². The summed E-state index contributed by atoms with van der Waals surface area (Å²) in [5.41, 5.74) is 4.05. The Morgan fingerprint density at radius 1 is 1.09 bits per heavy atom. The number of aryl methyl sites for hydroxylation is 2. The number of carbonyl (C=O) groups is 1. The number of ether oxygens (including phenoxy) is 1. The molecule has 1 aliphatic heterocycles. The molecule has 174 valence electrons. The van der Waals surface area contributed by atoms with E-state index in [2.05, 4.69) is 27.5 Å². The molecule has 0 spiro atoms. The van der Waals surface area contributed by atoms with Gasteiger partial charge in [-0.2, -0.15) is 0 Å². The Morgan fingerprint density at radius 2 is 1.76 bits per heavy atom. The van der Waals surface area contributed by atoms with Gasteiger partial charge in [-0.15, -0.1) is 0 Å². The lowest BCUT2D eigenvalue weighted by Crippen LogP contribution is -2.44. The number of nitrogens with zero attached hydrogens (tertiary/aromatic N) is 2. The standard InChI is InChI=1S/C26H30ClN3O3/c1-18-25(19(2)33-29-18)17-32-24-9-5-20(6-10-24)15-26(31)28-23-11-13-30(14-12-23)16-21-3-7-22(27)8-4-21/h3-10,23H,11-17H2,1-2H3,(H,28,31). The van der Waals surface area contributed by atoms with E-state index in [4.69, 9.17) is 20.9 Å². The fourth-order valence-electron chi connectivity index (χ4n) is 4.11. The maximum absolute atomic E-state index is 12.5. The Kier molecular flexibility index (Phi) is 7.68. The molecular weight excluding hydrogens is 438 g/mol. The van der Waals surface area contributed by atoms with Crippen molar-refractivity contribution >= 4 is 17.5 Å². The Labute approximate surface area is 199 Å². The monoisotopic (exact) mass is 467 g/mol. The summed E-state index contributed by atoms with van der Waals surface area (Å²) in [6.07, 6.45) is 2.30. The van der Waals surface area contributed by atoms with Gasteiger partial charge in [-0.05, 0) is 62.1 Å². The number of hydrogen-bond acceptors (Lipinski definition) is 5. The van der Waals surface area contributed by atoms with Crippen LogP contribution in [0, 0.1) is 13.8 Å². The second kappa shape index (κ2) is 10.9. The summed E-state index contributed by atoms with van der Waals surface area (Å²) >= 11 is 5.97. The topological polar surface area (TPSA) is 67.6 Å². The lowest BCUT2D eigenvalue weighted by Gasteiger charge is -2.32. The molecule has 1 fully saturated rings. The molecule has 7 heteroatoms. The van der Waals surface area contributed by atoms with Gasteiger partial charge in [0.1, 0.15) is 18.1 Å². The van der Waals surface area contributed by atoms with E-state index < -0.39 is 0 Å². The zero-order valence-corrected chi connectivity index (χ0v) is 19.9. The van der Waals surface area contributed by atoms with Crippen LogP contribution in [0.25, 0.3) is 0 Å². The van der Waals surface area contributed by atoms with Gasteiger partial charge in [-0.3, -0.25) is 9.69 Å². The third-order valence-corrected chi connectivity index (χ3v) is 6.38. The second-order valence-electron chi connectivity index (χ2n) is 8.66. The summed E-state index contributed by atoms with van der Waals surface area (Å²) in [5, 5.41) is 7.90. The number of halogens is 1. The number of carbonyl (C=O) groups excluding carboxylic acids is 1. The van der Waals surface area contributed by atoms with E-state index in [0.717, 1.165) is 65.8 Å². The summed E-state index contributed by atoms with van der Waals surface area (Å²) in [6.45, 7) is 7.07. The number of amides is 1. The Morgan fingerprint density at radius 3 is 2.39 bits per heavy atom. The average Bonchev–Trinajstić information content (AvgIpc) is 3.13. The van der Waals surface area contributed by atoms with Crippen LogP contribution in [0.15, 0.2) is 53.1 Å². The van der Waals surface area contributed by atoms with Crippen molar-refractivity contribution in [2.75, 3.05) is 13.1 Å². The van der Waals surface area contributed by atoms with Crippen LogP contribution in [0.5, 0.6) is 5.75 Å². The van der Waals surface area contributed by atoms with Gasteiger partial charge in [0.25, 0.3) is 0 Å². The predicted octanol–water partition coefficient (Wildman–Crippen LogP) is 4.85. The van der Waals surface area contributed by atoms with Crippen molar-refractivity contribution in [1.29, 1.82) is 0 Å². The molecular formula is C26H30ClN3O3. The summed E-state index contributed by atoms with van der Waals surface area (Å²) in [5.74, 6) is 1.60. The molecule has 0 unspecified atom stereocenters. The highest BCUT2D eigenvalue weighted by molar-refractivity contribution is 6.30. The van der Waals surface area contributed by atoms with E-state index in [-0.39, 0.29) is 11.9 Å². The van der Waals surface area contributed by atoms with E-state index in [1.807, 2.05) is 50.2 Å². The molecule has 0 atom stereocenters. The summed E-state index contributed by atoms with van der Waals surface area (Å²) in [4.78, 5) is 15.0. The minimum Gasteiger partial charge on any atom is -0.489 e. The van der Waals surface area contributed by atoms with Crippen LogP contribution in [0.3, 0.4) is 0 Å². The molecule has 3 aromatic rings. The maximum atomic E-state index is 12.5. The Balaban J connectivity index is 1.19. The lowest BCUT2D eigenvalue weighted by atomic mass is 10.0. The molecule has 0 radical (unpaired) electrons. The average molecular weight is 468 g/mol. The van der Waals surface area contributed by atoms with Crippen LogP contribution < -0.4 is 10.1 Å². The first kappa shape index (κ1) is 23.3. The number of benzene rings is 2. The molecule has 2 aromatic carbocycles. The highest BCUT2D eigenvalue weighted by Crippen LogP contribution is 2.19. The molecule has 6 nitrogen and oxygen atoms in total. The number of nitrogens with one attached hydrogen (secondary N) is 1. The molecule has 0 bridgehead atoms. The quantitative estimate of drug-likeness (QED) is 0.513. The van der Waals surface area contributed by atoms with E-state index in [1.54, 1.807) is 0 Å². The van der Waals surface area contributed by atoms with E-state index in [9.17, 15) is 4.79 Å². The molecule has 1 amide bonds. The molecule has 1 saturated heterocycles. The number of hydrogen-bond donors (Lipinski definition) is 1. The third kappa shape index (κ3) is 6.59. The molecule has 0 saturated carbocycles. The Bertz CT molecular complexity index is 1040. The van der Waals surface area contributed by atoms with Gasteiger partial charge in [0, 0.05) is 30.7 Å². The van der Waals surface area contributed by atoms with E-state index in [1.165, 1.54) is 5.56 Å². The van der Waals surface area contributed by atoms with E-state index in [0.29, 0.717) is 13.0 Å². The molecule has 33 heavy (non-hydrogen) atoms. The van der Waals surface area contributed by atoms with Crippen molar-refractivity contribution in [3.05, 3.63) is 81.7 Å². The number of likely N-dealkylation sites (tertiary alicyclic amines) is 1.